The summed E-state index contributed by atoms with van der Waals surface area (Å²) in [7, 11) is 0. The minimum Gasteiger partial charge on any atom is -0.442 e. The van der Waals surface area contributed by atoms with Gasteiger partial charge < -0.3 is 15.0 Å². The number of thiophene rings is 1. The van der Waals surface area contributed by atoms with E-state index in [0.717, 1.165) is 10.4 Å². The Bertz CT molecular complexity index is 1370. The number of hydrazone groups is 1. The van der Waals surface area contributed by atoms with Crippen LogP contribution in [0, 0.1) is 5.82 Å². The lowest BCUT2D eigenvalue weighted by atomic mass is 10.0. The summed E-state index contributed by atoms with van der Waals surface area (Å²) in [6.07, 6.45) is 0.698. The summed E-state index contributed by atoms with van der Waals surface area (Å²) in [5, 5.41) is 11.0. The molecule has 5 rings (SSSR count). The van der Waals surface area contributed by atoms with Crippen LogP contribution in [-0.2, 0) is 9.53 Å². The van der Waals surface area contributed by atoms with Crippen LogP contribution in [0.4, 0.5) is 14.9 Å². The predicted octanol–water partition coefficient (Wildman–Crippen LogP) is 3.81. The molecule has 0 saturated carbocycles. The third kappa shape index (κ3) is 6.26. The van der Waals surface area contributed by atoms with E-state index < -0.39 is 18.0 Å². The van der Waals surface area contributed by atoms with Crippen LogP contribution in [0.1, 0.15) is 22.2 Å². The number of nitrogens with one attached hydrogen (secondary N) is 1. The van der Waals surface area contributed by atoms with Crippen molar-refractivity contribution < 1.29 is 23.5 Å². The van der Waals surface area contributed by atoms with Gasteiger partial charge in [-0.1, -0.05) is 30.3 Å². The van der Waals surface area contributed by atoms with E-state index in [0.29, 0.717) is 43.0 Å². The molecule has 2 saturated heterocycles. The van der Waals surface area contributed by atoms with E-state index in [9.17, 15) is 14.4 Å². The van der Waals surface area contributed by atoms with Crippen LogP contribution in [0.15, 0.2) is 65.1 Å². The molecule has 2 aliphatic rings. The smallest absolute Gasteiger partial charge is 0.414 e. The number of anilines is 1. The summed E-state index contributed by atoms with van der Waals surface area (Å²) in [6.45, 7) is 4.37. The number of nitrogens with zero attached hydrogens (tertiary/aromatic N) is 4. The number of halogens is 1. The summed E-state index contributed by atoms with van der Waals surface area (Å²) < 4.78 is 20.3. The SMILES string of the molecule is CC(=O)NC[C@H]1CN(c2ccc(-c3ccc(/C=N/N4CCN(C(=O)c5cccs5)CC4)cc3)c(F)c2)C(=O)O1. The van der Waals surface area contributed by atoms with Gasteiger partial charge in [-0.25, -0.2) is 9.18 Å². The van der Waals surface area contributed by atoms with Gasteiger partial charge in [-0.05, 0) is 40.8 Å². The summed E-state index contributed by atoms with van der Waals surface area (Å²) in [5.74, 6) is -0.601. The van der Waals surface area contributed by atoms with Gasteiger partial charge in [0.05, 0.1) is 43.0 Å². The maximum absolute atomic E-state index is 15.0. The Morgan fingerprint density at radius 3 is 2.56 bits per heavy atom. The number of ether oxygens (including phenoxy) is 1. The Kier molecular flexibility index (Phi) is 7.87. The molecule has 39 heavy (non-hydrogen) atoms. The second-order valence-electron chi connectivity index (χ2n) is 9.31. The molecule has 1 atom stereocenters. The monoisotopic (exact) mass is 549 g/mol. The van der Waals surface area contributed by atoms with Crippen LogP contribution < -0.4 is 10.2 Å². The largest absolute Gasteiger partial charge is 0.442 e. The molecule has 2 aromatic carbocycles. The van der Waals surface area contributed by atoms with E-state index in [1.807, 2.05) is 51.7 Å². The molecule has 1 aromatic heterocycles. The molecular weight excluding hydrogens is 521 g/mol. The van der Waals surface area contributed by atoms with Crippen molar-refractivity contribution in [1.29, 1.82) is 0 Å². The van der Waals surface area contributed by atoms with Gasteiger partial charge in [0, 0.05) is 25.6 Å². The fourth-order valence-electron chi connectivity index (χ4n) is 4.47. The van der Waals surface area contributed by atoms with Crippen LogP contribution in [0.25, 0.3) is 11.1 Å². The first kappa shape index (κ1) is 26.4. The molecular formula is C28H28FN5O4S. The van der Waals surface area contributed by atoms with Crippen molar-refractivity contribution in [1.82, 2.24) is 15.2 Å². The zero-order chi connectivity index (χ0) is 27.4. The van der Waals surface area contributed by atoms with Crippen molar-refractivity contribution in [2.75, 3.05) is 44.2 Å². The Morgan fingerprint density at radius 1 is 1.13 bits per heavy atom. The Hall–Kier alpha value is -4.25. The highest BCUT2D eigenvalue weighted by molar-refractivity contribution is 7.12. The average Bonchev–Trinajstić information content (AvgIpc) is 3.61. The molecule has 202 valence electrons. The first-order valence-corrected chi connectivity index (χ1v) is 13.5. The van der Waals surface area contributed by atoms with E-state index in [-0.39, 0.29) is 24.9 Å². The van der Waals surface area contributed by atoms with E-state index in [1.54, 1.807) is 18.3 Å². The summed E-state index contributed by atoms with van der Waals surface area (Å²) in [6, 6.07) is 15.7. The van der Waals surface area contributed by atoms with Crippen molar-refractivity contribution >= 4 is 41.1 Å². The third-order valence-electron chi connectivity index (χ3n) is 6.58. The zero-order valence-corrected chi connectivity index (χ0v) is 22.2. The van der Waals surface area contributed by atoms with Gasteiger partial charge >= 0.3 is 6.09 Å². The van der Waals surface area contributed by atoms with Crippen molar-refractivity contribution in [3.8, 4) is 11.1 Å². The minimum atomic E-state index is -0.573. The standard InChI is InChI=1S/C28H28FN5O4S/c1-19(35)30-17-23-18-34(28(37)38-23)22-8-9-24(25(29)15-22)21-6-4-20(5-7-21)16-31-33-12-10-32(11-13-33)27(36)26-3-2-14-39-26/h2-9,14-16,23H,10-13,17-18H2,1H3,(H,30,35)/b31-16+/t23-/m0/s1. The maximum Gasteiger partial charge on any atom is 0.414 e. The van der Waals surface area contributed by atoms with E-state index in [1.165, 1.54) is 29.2 Å². The summed E-state index contributed by atoms with van der Waals surface area (Å²) in [4.78, 5) is 39.8. The van der Waals surface area contributed by atoms with Crippen LogP contribution >= 0.6 is 11.3 Å². The lowest BCUT2D eigenvalue weighted by Gasteiger charge is -2.32. The van der Waals surface area contributed by atoms with Gasteiger partial charge in [0.25, 0.3) is 5.91 Å². The molecule has 0 aliphatic carbocycles. The number of carbonyl (C=O) groups is 3. The lowest BCUT2D eigenvalue weighted by Crippen LogP contribution is -2.46. The van der Waals surface area contributed by atoms with Crippen molar-refractivity contribution in [3.05, 3.63) is 76.2 Å². The highest BCUT2D eigenvalue weighted by atomic mass is 32.1. The van der Waals surface area contributed by atoms with Crippen LogP contribution in [0.5, 0.6) is 0 Å². The number of hydrogen-bond acceptors (Lipinski definition) is 7. The third-order valence-corrected chi connectivity index (χ3v) is 7.44. The summed E-state index contributed by atoms with van der Waals surface area (Å²) >= 11 is 1.45. The summed E-state index contributed by atoms with van der Waals surface area (Å²) in [5.41, 5.74) is 2.38. The first-order valence-electron chi connectivity index (χ1n) is 12.6. The lowest BCUT2D eigenvalue weighted by molar-refractivity contribution is -0.119. The molecule has 9 nitrogen and oxygen atoms in total. The van der Waals surface area contributed by atoms with Crippen molar-refractivity contribution in [2.45, 2.75) is 13.0 Å². The quantitative estimate of drug-likeness (QED) is 0.453. The fraction of sp³-hybridized carbons (Fsp3) is 0.286. The van der Waals surface area contributed by atoms with Gasteiger partial charge in [-0.15, -0.1) is 11.3 Å². The van der Waals surface area contributed by atoms with Crippen molar-refractivity contribution in [3.63, 3.8) is 0 Å². The minimum absolute atomic E-state index is 0.0657. The number of benzene rings is 2. The van der Waals surface area contributed by atoms with Gasteiger partial charge in [0.1, 0.15) is 11.9 Å². The predicted molar refractivity (Wildman–Crippen MR) is 148 cm³/mol. The molecule has 0 bridgehead atoms. The van der Waals surface area contributed by atoms with Gasteiger partial charge in [-0.2, -0.15) is 5.10 Å². The second-order valence-corrected chi connectivity index (χ2v) is 10.3. The maximum atomic E-state index is 15.0. The Morgan fingerprint density at radius 2 is 1.90 bits per heavy atom. The Labute approximate surface area is 229 Å². The number of carbonyl (C=O) groups excluding carboxylic acids is 3. The van der Waals surface area contributed by atoms with Crippen molar-refractivity contribution in [2.24, 2.45) is 5.10 Å². The molecule has 3 heterocycles. The second kappa shape index (κ2) is 11.6. The van der Waals surface area contributed by atoms with Crippen LogP contribution in [0.2, 0.25) is 0 Å². The fourth-order valence-corrected chi connectivity index (χ4v) is 5.16. The molecule has 0 spiro atoms. The number of amides is 3. The molecule has 2 aliphatic heterocycles. The topological polar surface area (TPSA) is 94.5 Å². The molecule has 1 N–H and O–H groups in total. The van der Waals surface area contributed by atoms with E-state index in [4.69, 9.17) is 4.74 Å². The first-order chi connectivity index (χ1) is 18.9. The molecule has 0 radical (unpaired) electrons. The Balaban J connectivity index is 1.17. The number of cyclic esters (lactones) is 1. The molecule has 3 aromatic rings. The van der Waals surface area contributed by atoms with Crippen LogP contribution in [-0.4, -0.2) is 79.4 Å². The highest BCUT2D eigenvalue weighted by Crippen LogP contribution is 2.29. The van der Waals surface area contributed by atoms with Gasteiger partial charge in [0.15, 0.2) is 0 Å². The highest BCUT2D eigenvalue weighted by Gasteiger charge is 2.32. The normalized spacial score (nSPS) is 17.5. The molecule has 2 fully saturated rings. The average molecular weight is 550 g/mol. The van der Waals surface area contributed by atoms with E-state index in [2.05, 4.69) is 10.4 Å². The molecule has 3 amide bonds. The van der Waals surface area contributed by atoms with Gasteiger partial charge in [0.2, 0.25) is 5.91 Å². The molecule has 0 unspecified atom stereocenters. The van der Waals surface area contributed by atoms with E-state index >= 15 is 4.39 Å². The molecule has 11 heteroatoms. The number of piperazine rings is 1. The zero-order valence-electron chi connectivity index (χ0n) is 21.4. The number of hydrogen-bond donors (Lipinski definition) is 1. The van der Waals surface area contributed by atoms with Crippen LogP contribution in [0.3, 0.4) is 0 Å². The van der Waals surface area contributed by atoms with Gasteiger partial charge in [-0.3, -0.25) is 19.5 Å². The number of rotatable bonds is 7.